The van der Waals surface area contributed by atoms with Gasteiger partial charge in [-0.05, 0) is 54.6 Å². The molecule has 1 amide bonds. The topological polar surface area (TPSA) is 70.8 Å². The van der Waals surface area contributed by atoms with Crippen LogP contribution in [0.2, 0.25) is 10.0 Å². The van der Waals surface area contributed by atoms with Crippen molar-refractivity contribution in [2.75, 3.05) is 4.90 Å². The molecule has 2 heterocycles. The van der Waals surface area contributed by atoms with Gasteiger partial charge >= 0.3 is 0 Å². The number of Topliss-reactive ketones (excluding diaryl/α,β-unsaturated/α-hetero) is 1. The van der Waals surface area contributed by atoms with Gasteiger partial charge < -0.3 is 9.52 Å². The molecule has 2 aromatic carbocycles. The Morgan fingerprint density at radius 1 is 1.07 bits per heavy atom. The van der Waals surface area contributed by atoms with Crippen molar-refractivity contribution in [3.63, 3.8) is 0 Å². The number of hydrogen-bond donors (Lipinski definition) is 1. The molecule has 1 atom stereocenters. The maximum atomic E-state index is 13.6. The lowest BCUT2D eigenvalue weighted by atomic mass is 9.99. The zero-order valence-corrected chi connectivity index (χ0v) is 16.1. The quantitative estimate of drug-likeness (QED) is 0.344. The Morgan fingerprint density at radius 2 is 1.79 bits per heavy atom. The van der Waals surface area contributed by atoms with Crippen LogP contribution in [0.5, 0.6) is 0 Å². The van der Waals surface area contributed by atoms with Crippen LogP contribution in [-0.2, 0) is 9.59 Å². The molecule has 5 nitrogen and oxygen atoms in total. The molecule has 0 saturated carbocycles. The number of benzene rings is 2. The van der Waals surface area contributed by atoms with Crippen LogP contribution in [0.25, 0.3) is 5.76 Å². The van der Waals surface area contributed by atoms with Crippen molar-refractivity contribution >= 4 is 46.3 Å². The van der Waals surface area contributed by atoms with Crippen LogP contribution < -0.4 is 4.90 Å². The number of carbonyl (C=O) groups is 2. The SMILES string of the molecule is O=C1C(=O)N(c2ccc(F)c(Cl)c2)C(c2ccco2)/C1=C(/O)c1ccc(Cl)cc1. The fraction of sp³-hybridized carbons (Fsp3) is 0.0476. The molecule has 1 saturated heterocycles. The van der Waals surface area contributed by atoms with Crippen molar-refractivity contribution in [3.8, 4) is 0 Å². The summed E-state index contributed by atoms with van der Waals surface area (Å²) in [5, 5.41) is 11.1. The molecule has 1 N–H and O–H groups in total. The molecule has 29 heavy (non-hydrogen) atoms. The smallest absolute Gasteiger partial charge is 0.300 e. The third-order valence-corrected chi connectivity index (χ3v) is 5.10. The monoisotopic (exact) mass is 431 g/mol. The van der Waals surface area contributed by atoms with Crippen LogP contribution >= 0.6 is 23.2 Å². The number of halogens is 3. The molecule has 1 aromatic heterocycles. The third kappa shape index (κ3) is 3.30. The van der Waals surface area contributed by atoms with E-state index >= 15 is 0 Å². The number of amides is 1. The normalized spacial score (nSPS) is 18.4. The summed E-state index contributed by atoms with van der Waals surface area (Å²) in [6.07, 6.45) is 1.38. The minimum absolute atomic E-state index is 0.160. The fourth-order valence-corrected chi connectivity index (χ4v) is 3.51. The van der Waals surface area contributed by atoms with E-state index in [4.69, 9.17) is 27.6 Å². The second-order valence-electron chi connectivity index (χ2n) is 6.29. The molecular formula is C21H12Cl2FNO4. The lowest BCUT2D eigenvalue weighted by Gasteiger charge is -2.23. The fourth-order valence-electron chi connectivity index (χ4n) is 3.21. The second kappa shape index (κ2) is 7.39. The number of nitrogens with zero attached hydrogens (tertiary/aromatic N) is 1. The van der Waals surface area contributed by atoms with Crippen molar-refractivity contribution < 1.29 is 23.5 Å². The zero-order valence-electron chi connectivity index (χ0n) is 14.6. The highest BCUT2D eigenvalue weighted by molar-refractivity contribution is 6.51. The summed E-state index contributed by atoms with van der Waals surface area (Å²) in [6, 6.07) is 11.9. The standard InChI is InChI=1S/C21H12Cl2FNO4/c22-12-5-3-11(4-6-12)19(26)17-18(16-2-1-9-29-16)25(21(28)20(17)27)13-7-8-15(24)14(23)10-13/h1-10,18,26H/b19-17-. The Bertz CT molecular complexity index is 1140. The Hall–Kier alpha value is -3.09. The molecule has 4 rings (SSSR count). The Labute approximate surface area is 174 Å². The van der Waals surface area contributed by atoms with Gasteiger partial charge in [-0.1, -0.05) is 23.2 Å². The van der Waals surface area contributed by atoms with Gasteiger partial charge in [0.25, 0.3) is 11.7 Å². The van der Waals surface area contributed by atoms with Crippen LogP contribution in [-0.4, -0.2) is 16.8 Å². The van der Waals surface area contributed by atoms with Gasteiger partial charge in [0.1, 0.15) is 23.4 Å². The minimum Gasteiger partial charge on any atom is -0.507 e. The summed E-state index contributed by atoms with van der Waals surface area (Å²) in [5.41, 5.74) is 0.337. The molecule has 1 unspecified atom stereocenters. The van der Waals surface area contributed by atoms with Gasteiger partial charge in [-0.2, -0.15) is 0 Å². The van der Waals surface area contributed by atoms with E-state index in [1.807, 2.05) is 0 Å². The predicted molar refractivity (Wildman–Crippen MR) is 106 cm³/mol. The molecule has 0 radical (unpaired) electrons. The van der Waals surface area contributed by atoms with E-state index < -0.39 is 23.5 Å². The van der Waals surface area contributed by atoms with Crippen LogP contribution in [0.4, 0.5) is 10.1 Å². The first-order chi connectivity index (χ1) is 13.9. The first-order valence-electron chi connectivity index (χ1n) is 8.44. The highest BCUT2D eigenvalue weighted by Gasteiger charge is 2.48. The summed E-state index contributed by atoms with van der Waals surface area (Å²) in [6.45, 7) is 0. The van der Waals surface area contributed by atoms with Crippen molar-refractivity contribution in [1.29, 1.82) is 0 Å². The van der Waals surface area contributed by atoms with Gasteiger partial charge in [0.05, 0.1) is 16.9 Å². The Balaban J connectivity index is 1.92. The number of rotatable bonds is 3. The van der Waals surface area contributed by atoms with Crippen molar-refractivity contribution in [1.82, 2.24) is 0 Å². The van der Waals surface area contributed by atoms with E-state index in [9.17, 15) is 19.1 Å². The zero-order chi connectivity index (χ0) is 20.7. The lowest BCUT2D eigenvalue weighted by Crippen LogP contribution is -2.29. The number of ketones is 1. The van der Waals surface area contributed by atoms with E-state index in [0.717, 1.165) is 11.0 Å². The molecule has 1 fully saturated rings. The van der Waals surface area contributed by atoms with E-state index in [1.54, 1.807) is 24.3 Å². The lowest BCUT2D eigenvalue weighted by molar-refractivity contribution is -0.132. The van der Waals surface area contributed by atoms with Gasteiger partial charge in [-0.3, -0.25) is 14.5 Å². The molecule has 0 bridgehead atoms. The summed E-state index contributed by atoms with van der Waals surface area (Å²) in [7, 11) is 0. The maximum absolute atomic E-state index is 13.6. The summed E-state index contributed by atoms with van der Waals surface area (Å²) in [4.78, 5) is 26.8. The van der Waals surface area contributed by atoms with Gasteiger partial charge in [0, 0.05) is 16.3 Å². The van der Waals surface area contributed by atoms with Crippen molar-refractivity contribution in [2.45, 2.75) is 6.04 Å². The molecule has 146 valence electrons. The minimum atomic E-state index is -1.05. The van der Waals surface area contributed by atoms with Crippen LogP contribution in [0, 0.1) is 5.82 Å². The van der Waals surface area contributed by atoms with Gasteiger partial charge in [-0.25, -0.2) is 4.39 Å². The summed E-state index contributed by atoms with van der Waals surface area (Å²) in [5.74, 6) is -2.59. The van der Waals surface area contributed by atoms with Crippen molar-refractivity contribution in [2.24, 2.45) is 0 Å². The Kier molecular flexibility index (Phi) is 4.90. The molecule has 3 aromatic rings. The Morgan fingerprint density at radius 3 is 2.41 bits per heavy atom. The summed E-state index contributed by atoms with van der Waals surface area (Å²) < 4.78 is 19.0. The molecule has 8 heteroatoms. The largest absolute Gasteiger partial charge is 0.507 e. The van der Waals surface area contributed by atoms with Crippen molar-refractivity contribution in [3.05, 3.63) is 93.6 Å². The van der Waals surface area contributed by atoms with E-state index in [1.165, 1.54) is 30.5 Å². The predicted octanol–water partition coefficient (Wildman–Crippen LogP) is 5.35. The average Bonchev–Trinajstić information content (AvgIpc) is 3.32. The van der Waals surface area contributed by atoms with Crippen LogP contribution in [0.1, 0.15) is 17.4 Å². The number of aliphatic hydroxyl groups excluding tert-OH is 1. The summed E-state index contributed by atoms with van der Waals surface area (Å²) >= 11 is 11.7. The third-order valence-electron chi connectivity index (χ3n) is 4.56. The molecule has 1 aliphatic rings. The molecule has 1 aliphatic heterocycles. The highest BCUT2D eigenvalue weighted by atomic mass is 35.5. The number of carbonyl (C=O) groups excluding carboxylic acids is 2. The maximum Gasteiger partial charge on any atom is 0.300 e. The van der Waals surface area contributed by atoms with Gasteiger partial charge in [0.2, 0.25) is 0 Å². The molecule has 0 aliphatic carbocycles. The van der Waals surface area contributed by atoms with Gasteiger partial charge in [-0.15, -0.1) is 0 Å². The first-order valence-corrected chi connectivity index (χ1v) is 9.19. The average molecular weight is 432 g/mol. The number of anilines is 1. The molecular weight excluding hydrogens is 420 g/mol. The van der Waals surface area contributed by atoms with Gasteiger partial charge in [0.15, 0.2) is 0 Å². The number of furan rings is 1. The van der Waals surface area contributed by atoms with E-state index in [2.05, 4.69) is 0 Å². The van der Waals surface area contributed by atoms with E-state index in [0.29, 0.717) is 10.6 Å². The number of hydrogen-bond acceptors (Lipinski definition) is 4. The first kappa shape index (κ1) is 19.2. The number of aliphatic hydroxyl groups is 1. The highest BCUT2D eigenvalue weighted by Crippen LogP contribution is 2.43. The van der Waals surface area contributed by atoms with Crippen LogP contribution in [0.15, 0.2) is 70.9 Å². The van der Waals surface area contributed by atoms with E-state index in [-0.39, 0.29) is 27.8 Å². The second-order valence-corrected chi connectivity index (χ2v) is 7.13. The molecule has 0 spiro atoms. The van der Waals surface area contributed by atoms with Crippen LogP contribution in [0.3, 0.4) is 0 Å².